The fourth-order valence-electron chi connectivity index (χ4n) is 1.61. The van der Waals surface area contributed by atoms with Crippen molar-refractivity contribution in [2.24, 2.45) is 0 Å². The molecule has 1 rings (SSSR count). The molecule has 0 amide bonds. The van der Waals surface area contributed by atoms with Crippen LogP contribution in [0.4, 0.5) is 10.1 Å². The fourth-order valence-corrected chi connectivity index (χ4v) is 1.61. The monoisotopic (exact) mass is 206 g/mol. The van der Waals surface area contributed by atoms with E-state index in [1.165, 1.54) is 6.07 Å². The number of hydrogen-bond acceptors (Lipinski definition) is 2. The SMILES string of the molecule is CCCN(CC)c1cccc(F)c1C#N. The number of hydrogen-bond donors (Lipinski definition) is 0. The summed E-state index contributed by atoms with van der Waals surface area (Å²) < 4.78 is 13.3. The smallest absolute Gasteiger partial charge is 0.143 e. The van der Waals surface area contributed by atoms with Gasteiger partial charge in [-0.2, -0.15) is 5.26 Å². The van der Waals surface area contributed by atoms with E-state index in [1.807, 2.05) is 17.9 Å². The molecule has 0 fully saturated rings. The summed E-state index contributed by atoms with van der Waals surface area (Å²) in [5.41, 5.74) is 0.842. The van der Waals surface area contributed by atoms with Crippen LogP contribution in [0.15, 0.2) is 18.2 Å². The number of halogens is 1. The Morgan fingerprint density at radius 2 is 2.13 bits per heavy atom. The molecule has 0 aliphatic rings. The average molecular weight is 206 g/mol. The molecule has 0 unspecified atom stereocenters. The zero-order chi connectivity index (χ0) is 11.3. The first-order chi connectivity index (χ1) is 7.24. The Balaban J connectivity index is 3.12. The summed E-state index contributed by atoms with van der Waals surface area (Å²) in [6.45, 7) is 5.69. The predicted octanol–water partition coefficient (Wildman–Crippen LogP) is 2.93. The highest BCUT2D eigenvalue weighted by Crippen LogP contribution is 2.22. The molecule has 0 radical (unpaired) electrons. The molecule has 0 spiro atoms. The van der Waals surface area contributed by atoms with Gasteiger partial charge in [0.25, 0.3) is 0 Å². The minimum Gasteiger partial charge on any atom is -0.371 e. The Morgan fingerprint density at radius 1 is 1.40 bits per heavy atom. The third kappa shape index (κ3) is 2.47. The molecule has 0 aliphatic carbocycles. The Hall–Kier alpha value is -1.56. The lowest BCUT2D eigenvalue weighted by molar-refractivity contribution is 0.622. The topological polar surface area (TPSA) is 27.0 Å². The van der Waals surface area contributed by atoms with Gasteiger partial charge in [0.15, 0.2) is 0 Å². The molecule has 80 valence electrons. The zero-order valence-electron chi connectivity index (χ0n) is 9.13. The van der Waals surface area contributed by atoms with Gasteiger partial charge >= 0.3 is 0 Å². The molecular weight excluding hydrogens is 191 g/mol. The second kappa shape index (κ2) is 5.35. The lowest BCUT2D eigenvalue weighted by atomic mass is 10.1. The van der Waals surface area contributed by atoms with Crippen LogP contribution in [0.5, 0.6) is 0 Å². The van der Waals surface area contributed by atoms with E-state index in [2.05, 4.69) is 6.92 Å². The summed E-state index contributed by atoms with van der Waals surface area (Å²) in [6.07, 6.45) is 0.981. The van der Waals surface area contributed by atoms with Crippen LogP contribution < -0.4 is 4.90 Å². The Morgan fingerprint density at radius 3 is 2.67 bits per heavy atom. The van der Waals surface area contributed by atoms with Gasteiger partial charge in [0.2, 0.25) is 0 Å². The quantitative estimate of drug-likeness (QED) is 0.757. The summed E-state index contributed by atoms with van der Waals surface area (Å²) in [7, 11) is 0. The van der Waals surface area contributed by atoms with Crippen LogP contribution in [0.2, 0.25) is 0 Å². The van der Waals surface area contributed by atoms with Gasteiger partial charge in [0.1, 0.15) is 17.4 Å². The molecule has 0 atom stereocenters. The molecular formula is C12H15FN2. The number of nitriles is 1. The van der Waals surface area contributed by atoms with Crippen molar-refractivity contribution in [3.05, 3.63) is 29.6 Å². The molecule has 0 heterocycles. The first kappa shape index (κ1) is 11.5. The third-order valence-corrected chi connectivity index (χ3v) is 2.32. The number of rotatable bonds is 4. The highest BCUT2D eigenvalue weighted by molar-refractivity contribution is 5.59. The van der Waals surface area contributed by atoms with Crippen LogP contribution >= 0.6 is 0 Å². The Kier molecular flexibility index (Phi) is 4.11. The van der Waals surface area contributed by atoms with Gasteiger partial charge in [-0.05, 0) is 25.5 Å². The summed E-state index contributed by atoms with van der Waals surface area (Å²) in [5, 5.41) is 8.90. The van der Waals surface area contributed by atoms with Crippen molar-refractivity contribution >= 4 is 5.69 Å². The lowest BCUT2D eigenvalue weighted by Gasteiger charge is -2.23. The van der Waals surface area contributed by atoms with Gasteiger partial charge in [0.05, 0.1) is 5.69 Å². The van der Waals surface area contributed by atoms with Gasteiger partial charge < -0.3 is 4.90 Å². The first-order valence-corrected chi connectivity index (χ1v) is 5.18. The van der Waals surface area contributed by atoms with Crippen molar-refractivity contribution in [2.45, 2.75) is 20.3 Å². The Bertz CT molecular complexity index is 368. The standard InChI is InChI=1S/C12H15FN2/c1-3-8-15(4-2)12-7-5-6-11(13)10(12)9-14/h5-7H,3-4,8H2,1-2H3. The van der Waals surface area contributed by atoms with Gasteiger partial charge in [0, 0.05) is 13.1 Å². The van der Waals surface area contributed by atoms with Crippen molar-refractivity contribution in [3.8, 4) is 6.07 Å². The van der Waals surface area contributed by atoms with Crippen molar-refractivity contribution < 1.29 is 4.39 Å². The van der Waals surface area contributed by atoms with Crippen LogP contribution in [0, 0.1) is 17.1 Å². The van der Waals surface area contributed by atoms with Gasteiger partial charge in [-0.25, -0.2) is 4.39 Å². The van der Waals surface area contributed by atoms with E-state index in [0.29, 0.717) is 5.69 Å². The maximum Gasteiger partial charge on any atom is 0.143 e. The molecule has 2 nitrogen and oxygen atoms in total. The van der Waals surface area contributed by atoms with Gasteiger partial charge in [-0.3, -0.25) is 0 Å². The fraction of sp³-hybridized carbons (Fsp3) is 0.417. The van der Waals surface area contributed by atoms with E-state index < -0.39 is 5.82 Å². The van der Waals surface area contributed by atoms with E-state index in [0.717, 1.165) is 19.5 Å². The van der Waals surface area contributed by atoms with E-state index in [4.69, 9.17) is 5.26 Å². The zero-order valence-corrected chi connectivity index (χ0v) is 9.13. The highest BCUT2D eigenvalue weighted by Gasteiger charge is 2.12. The summed E-state index contributed by atoms with van der Waals surface area (Å²) in [6, 6.07) is 6.68. The second-order valence-corrected chi connectivity index (χ2v) is 3.33. The Labute approximate surface area is 89.9 Å². The molecule has 0 N–H and O–H groups in total. The highest BCUT2D eigenvalue weighted by atomic mass is 19.1. The maximum absolute atomic E-state index is 13.3. The van der Waals surface area contributed by atoms with Crippen molar-refractivity contribution in [1.29, 1.82) is 5.26 Å². The number of benzene rings is 1. The van der Waals surface area contributed by atoms with Crippen LogP contribution in [-0.2, 0) is 0 Å². The largest absolute Gasteiger partial charge is 0.371 e. The van der Waals surface area contributed by atoms with E-state index in [9.17, 15) is 4.39 Å². The van der Waals surface area contributed by atoms with Gasteiger partial charge in [-0.1, -0.05) is 13.0 Å². The summed E-state index contributed by atoms with van der Waals surface area (Å²) in [5.74, 6) is -0.440. The number of nitrogens with zero attached hydrogens (tertiary/aromatic N) is 2. The van der Waals surface area contributed by atoms with E-state index in [-0.39, 0.29) is 5.56 Å². The van der Waals surface area contributed by atoms with Crippen LogP contribution in [-0.4, -0.2) is 13.1 Å². The second-order valence-electron chi connectivity index (χ2n) is 3.33. The molecule has 0 aromatic heterocycles. The molecule has 0 aliphatic heterocycles. The van der Waals surface area contributed by atoms with Crippen molar-refractivity contribution in [1.82, 2.24) is 0 Å². The summed E-state index contributed by atoms with van der Waals surface area (Å²) >= 11 is 0. The minimum atomic E-state index is -0.440. The molecule has 0 saturated heterocycles. The van der Waals surface area contributed by atoms with Crippen LogP contribution in [0.25, 0.3) is 0 Å². The lowest BCUT2D eigenvalue weighted by Crippen LogP contribution is -2.24. The minimum absolute atomic E-state index is 0.146. The van der Waals surface area contributed by atoms with E-state index >= 15 is 0 Å². The van der Waals surface area contributed by atoms with E-state index in [1.54, 1.807) is 12.1 Å². The molecule has 0 saturated carbocycles. The normalized spacial score (nSPS) is 9.73. The number of anilines is 1. The van der Waals surface area contributed by atoms with Crippen LogP contribution in [0.3, 0.4) is 0 Å². The molecule has 15 heavy (non-hydrogen) atoms. The average Bonchev–Trinajstić information content (AvgIpc) is 2.25. The predicted molar refractivity (Wildman–Crippen MR) is 59.3 cm³/mol. The van der Waals surface area contributed by atoms with Crippen LogP contribution in [0.1, 0.15) is 25.8 Å². The maximum atomic E-state index is 13.3. The van der Waals surface area contributed by atoms with Crippen molar-refractivity contribution in [3.63, 3.8) is 0 Å². The van der Waals surface area contributed by atoms with Gasteiger partial charge in [-0.15, -0.1) is 0 Å². The molecule has 1 aromatic carbocycles. The molecule has 1 aromatic rings. The molecule has 3 heteroatoms. The first-order valence-electron chi connectivity index (χ1n) is 5.18. The third-order valence-electron chi connectivity index (χ3n) is 2.32. The van der Waals surface area contributed by atoms with Crippen molar-refractivity contribution in [2.75, 3.05) is 18.0 Å². The summed E-state index contributed by atoms with van der Waals surface area (Å²) in [4.78, 5) is 2.02. The molecule has 0 bridgehead atoms.